The minimum atomic E-state index is -0.672. The predicted molar refractivity (Wildman–Crippen MR) is 99.7 cm³/mol. The molecule has 26 heavy (non-hydrogen) atoms. The summed E-state index contributed by atoms with van der Waals surface area (Å²) in [6, 6.07) is 2.42. The summed E-state index contributed by atoms with van der Waals surface area (Å²) in [7, 11) is 2.74. The average molecular weight is 398 g/mol. The Balaban J connectivity index is 2.27. The van der Waals surface area contributed by atoms with Crippen molar-refractivity contribution in [3.8, 4) is 11.5 Å². The molecular weight excluding hydrogens is 380 g/mol. The minimum Gasteiger partial charge on any atom is -0.493 e. The lowest BCUT2D eigenvalue weighted by molar-refractivity contribution is -0.385. The summed E-state index contributed by atoms with van der Waals surface area (Å²) in [4.78, 5) is 23.2. The van der Waals surface area contributed by atoms with Crippen molar-refractivity contribution in [2.24, 2.45) is 0 Å². The molecule has 0 fully saturated rings. The topological polar surface area (TPSA) is 116 Å². The van der Waals surface area contributed by atoms with Gasteiger partial charge in [-0.1, -0.05) is 36.9 Å². The zero-order valence-electron chi connectivity index (χ0n) is 14.6. The second-order valence-electron chi connectivity index (χ2n) is 5.15. The number of rotatable bonds is 8. The van der Waals surface area contributed by atoms with Crippen molar-refractivity contribution in [2.75, 3.05) is 19.5 Å². The zero-order chi connectivity index (χ0) is 19.3. The number of carbonyl (C=O) groups is 1. The van der Waals surface area contributed by atoms with E-state index in [9.17, 15) is 14.9 Å². The molecule has 0 spiro atoms. The Morgan fingerprint density at radius 3 is 2.58 bits per heavy atom. The number of thioether (sulfide) groups is 1. The summed E-state index contributed by atoms with van der Waals surface area (Å²) in [6.45, 7) is 4.13. The predicted octanol–water partition coefficient (Wildman–Crippen LogP) is 3.61. The molecule has 1 atom stereocenters. The van der Waals surface area contributed by atoms with Crippen LogP contribution in [0.1, 0.15) is 30.6 Å². The van der Waals surface area contributed by atoms with Gasteiger partial charge in [-0.2, -0.15) is 0 Å². The monoisotopic (exact) mass is 398 g/mol. The third-order valence-electron chi connectivity index (χ3n) is 3.45. The molecular formula is C15H18N4O5S2. The lowest BCUT2D eigenvalue weighted by Gasteiger charge is -2.10. The molecule has 1 amide bonds. The van der Waals surface area contributed by atoms with Gasteiger partial charge >= 0.3 is 0 Å². The first kappa shape index (κ1) is 19.9. The van der Waals surface area contributed by atoms with Gasteiger partial charge in [0.15, 0.2) is 15.8 Å². The molecule has 9 nitrogen and oxygen atoms in total. The second kappa shape index (κ2) is 8.81. The number of nitrogens with zero attached hydrogens (tertiary/aromatic N) is 3. The first-order valence-electron chi connectivity index (χ1n) is 7.61. The lowest BCUT2D eigenvalue weighted by Crippen LogP contribution is -2.14. The average Bonchev–Trinajstić information content (AvgIpc) is 3.06. The van der Waals surface area contributed by atoms with E-state index in [2.05, 4.69) is 29.4 Å². The van der Waals surface area contributed by atoms with Crippen LogP contribution in [-0.4, -0.2) is 40.5 Å². The Labute approximate surface area is 158 Å². The van der Waals surface area contributed by atoms with Crippen LogP contribution in [0.5, 0.6) is 11.5 Å². The van der Waals surface area contributed by atoms with Gasteiger partial charge in [-0.15, -0.1) is 10.2 Å². The van der Waals surface area contributed by atoms with Gasteiger partial charge in [0.1, 0.15) is 5.56 Å². The molecule has 0 saturated carbocycles. The molecule has 1 heterocycles. The summed E-state index contributed by atoms with van der Waals surface area (Å²) in [5.41, 5.74) is -0.544. The van der Waals surface area contributed by atoms with Crippen LogP contribution in [0.25, 0.3) is 0 Å². The number of aromatic nitrogens is 2. The number of carbonyl (C=O) groups excluding carboxylic acids is 1. The van der Waals surface area contributed by atoms with Gasteiger partial charge in [0.05, 0.1) is 25.2 Å². The molecule has 2 rings (SSSR count). The van der Waals surface area contributed by atoms with Crippen LogP contribution in [0.2, 0.25) is 0 Å². The highest BCUT2D eigenvalue weighted by Gasteiger charge is 2.25. The number of nitro groups is 1. The summed E-state index contributed by atoms with van der Waals surface area (Å²) in [5, 5.41) is 22.4. The lowest BCUT2D eigenvalue weighted by atomic mass is 10.1. The highest BCUT2D eigenvalue weighted by atomic mass is 32.2. The molecule has 2 aromatic rings. The highest BCUT2D eigenvalue weighted by molar-refractivity contribution is 8.01. The van der Waals surface area contributed by atoms with E-state index in [1.807, 2.05) is 0 Å². The van der Waals surface area contributed by atoms with Crippen LogP contribution in [0.4, 0.5) is 10.8 Å². The van der Waals surface area contributed by atoms with E-state index >= 15 is 0 Å². The quantitative estimate of drug-likeness (QED) is 0.310. The van der Waals surface area contributed by atoms with E-state index in [4.69, 9.17) is 9.47 Å². The Bertz CT molecular complexity index is 811. The number of methoxy groups -OCH3 is 2. The fourth-order valence-electron chi connectivity index (χ4n) is 1.93. The van der Waals surface area contributed by atoms with Crippen molar-refractivity contribution in [1.82, 2.24) is 10.2 Å². The molecule has 11 heteroatoms. The number of amides is 1. The molecule has 0 aliphatic carbocycles. The summed E-state index contributed by atoms with van der Waals surface area (Å²) in [5.74, 6) is -0.290. The van der Waals surface area contributed by atoms with Crippen LogP contribution in [0.15, 0.2) is 16.5 Å². The van der Waals surface area contributed by atoms with Crippen molar-refractivity contribution in [2.45, 2.75) is 29.9 Å². The van der Waals surface area contributed by atoms with Crippen molar-refractivity contribution in [3.63, 3.8) is 0 Å². The van der Waals surface area contributed by atoms with Gasteiger partial charge in [-0.05, 0) is 6.42 Å². The maximum absolute atomic E-state index is 12.5. The number of hydrogen-bond donors (Lipinski definition) is 1. The highest BCUT2D eigenvalue weighted by Crippen LogP contribution is 2.35. The van der Waals surface area contributed by atoms with Crippen molar-refractivity contribution in [1.29, 1.82) is 0 Å². The minimum absolute atomic E-state index is 0.154. The van der Waals surface area contributed by atoms with Crippen LogP contribution < -0.4 is 14.8 Å². The van der Waals surface area contributed by atoms with Crippen LogP contribution in [-0.2, 0) is 0 Å². The molecule has 140 valence electrons. The fourth-order valence-corrected chi connectivity index (χ4v) is 3.92. The molecule has 1 N–H and O–H groups in total. The second-order valence-corrected chi connectivity index (χ2v) is 7.81. The van der Waals surface area contributed by atoms with Crippen molar-refractivity contribution in [3.05, 3.63) is 27.8 Å². The third-order valence-corrected chi connectivity index (χ3v) is 5.64. The van der Waals surface area contributed by atoms with Gasteiger partial charge in [0, 0.05) is 11.3 Å². The normalized spacial score (nSPS) is 11.7. The van der Waals surface area contributed by atoms with Gasteiger partial charge in [0.2, 0.25) is 5.13 Å². The summed E-state index contributed by atoms with van der Waals surface area (Å²) >= 11 is 2.77. The number of hydrogen-bond acceptors (Lipinski definition) is 9. The summed E-state index contributed by atoms with van der Waals surface area (Å²) in [6.07, 6.45) is 0.976. The van der Waals surface area contributed by atoms with Gasteiger partial charge in [-0.25, -0.2) is 0 Å². The molecule has 0 aliphatic rings. The number of benzene rings is 1. The fraction of sp³-hybridized carbons (Fsp3) is 0.400. The molecule has 0 radical (unpaired) electrons. The molecule has 1 aromatic heterocycles. The van der Waals surface area contributed by atoms with E-state index in [1.165, 1.54) is 31.6 Å². The van der Waals surface area contributed by atoms with E-state index in [-0.39, 0.29) is 27.9 Å². The van der Waals surface area contributed by atoms with Crippen molar-refractivity contribution < 1.29 is 19.2 Å². The van der Waals surface area contributed by atoms with Crippen LogP contribution >= 0.6 is 23.1 Å². The van der Waals surface area contributed by atoms with Crippen LogP contribution in [0, 0.1) is 10.1 Å². The van der Waals surface area contributed by atoms with Crippen LogP contribution in [0.3, 0.4) is 0 Å². The molecule has 0 aliphatic heterocycles. The van der Waals surface area contributed by atoms with Gasteiger partial charge in [-0.3, -0.25) is 20.2 Å². The number of ether oxygens (including phenoxy) is 2. The van der Waals surface area contributed by atoms with Gasteiger partial charge < -0.3 is 9.47 Å². The number of nitrogens with one attached hydrogen (secondary N) is 1. The van der Waals surface area contributed by atoms with E-state index < -0.39 is 10.8 Å². The van der Waals surface area contributed by atoms with E-state index in [0.717, 1.165) is 16.8 Å². The third kappa shape index (κ3) is 4.61. The first-order valence-corrected chi connectivity index (χ1v) is 9.31. The zero-order valence-corrected chi connectivity index (χ0v) is 16.3. The van der Waals surface area contributed by atoms with Gasteiger partial charge in [0.25, 0.3) is 11.6 Å². The molecule has 1 aromatic carbocycles. The first-order chi connectivity index (χ1) is 12.4. The maximum atomic E-state index is 12.5. The van der Waals surface area contributed by atoms with E-state index in [0.29, 0.717) is 5.25 Å². The maximum Gasteiger partial charge on any atom is 0.286 e. The molecule has 0 saturated heterocycles. The van der Waals surface area contributed by atoms with E-state index in [1.54, 1.807) is 11.8 Å². The standard InChI is InChI=1S/C15H18N4O5S2/c1-5-8(2)25-15-18-17-14(26-15)16-13(20)9-6-11(23-3)12(24-4)7-10(9)19(21)22/h6-8H,5H2,1-4H3,(H,16,17,20). The summed E-state index contributed by atoms with van der Waals surface area (Å²) < 4.78 is 10.9. The number of anilines is 1. The Morgan fingerprint density at radius 2 is 2.00 bits per heavy atom. The Hall–Kier alpha value is -2.40. The Kier molecular flexibility index (Phi) is 6.75. The van der Waals surface area contributed by atoms with Crippen molar-refractivity contribution >= 4 is 39.8 Å². The SMILES string of the molecule is CCC(C)Sc1nnc(NC(=O)c2cc(OC)c(OC)cc2[N+](=O)[O-])s1. The largest absolute Gasteiger partial charge is 0.493 e. The Morgan fingerprint density at radius 1 is 1.35 bits per heavy atom. The number of nitro benzene ring substituents is 1. The smallest absolute Gasteiger partial charge is 0.286 e. The molecule has 1 unspecified atom stereocenters. The molecule has 0 bridgehead atoms.